The molecule has 0 spiro atoms. The molecule has 0 saturated heterocycles. The van der Waals surface area contributed by atoms with Crippen molar-refractivity contribution in [3.8, 4) is 17.6 Å². The molecule has 0 saturated carbocycles. The molecule has 7 heteroatoms. The predicted octanol–water partition coefficient (Wildman–Crippen LogP) is 2.26. The number of hydrogen-bond acceptors (Lipinski definition) is 6. The number of methoxy groups -OCH3 is 1. The van der Waals surface area contributed by atoms with Crippen LogP contribution in [0, 0.1) is 21.4 Å². The highest BCUT2D eigenvalue weighted by Gasteiger charge is 2.16. The standard InChI is InChI=1S/C14H19N3O4/c1-3-7-16-11(10-15)6-8-21-14-9-12(20-2)4-5-13(14)17(18)19/h4-5,9,11,16H,3,6-8H2,1-2H3. The Bertz CT molecular complexity index is 513. The molecule has 0 radical (unpaired) electrons. The number of rotatable bonds is 9. The third kappa shape index (κ3) is 5.28. The third-order valence-electron chi connectivity index (χ3n) is 2.82. The van der Waals surface area contributed by atoms with Gasteiger partial charge in [-0.25, -0.2) is 0 Å². The molecule has 0 aliphatic heterocycles. The first-order valence-corrected chi connectivity index (χ1v) is 6.70. The van der Waals surface area contributed by atoms with E-state index in [9.17, 15) is 10.1 Å². The first-order valence-electron chi connectivity index (χ1n) is 6.70. The van der Waals surface area contributed by atoms with Gasteiger partial charge in [-0.1, -0.05) is 6.92 Å². The number of nitrogens with zero attached hydrogens (tertiary/aromatic N) is 2. The highest BCUT2D eigenvalue weighted by molar-refractivity contribution is 5.50. The molecule has 0 aliphatic rings. The van der Waals surface area contributed by atoms with Gasteiger partial charge in [-0.15, -0.1) is 0 Å². The maximum Gasteiger partial charge on any atom is 0.311 e. The largest absolute Gasteiger partial charge is 0.497 e. The molecule has 1 aromatic carbocycles. The summed E-state index contributed by atoms with van der Waals surface area (Å²) in [6.45, 7) is 2.97. The lowest BCUT2D eigenvalue weighted by atomic mass is 10.2. The summed E-state index contributed by atoms with van der Waals surface area (Å²) < 4.78 is 10.5. The van der Waals surface area contributed by atoms with E-state index in [-0.39, 0.29) is 24.1 Å². The molecule has 0 aliphatic carbocycles. The van der Waals surface area contributed by atoms with Crippen LogP contribution < -0.4 is 14.8 Å². The van der Waals surface area contributed by atoms with E-state index in [0.29, 0.717) is 12.2 Å². The van der Waals surface area contributed by atoms with E-state index in [2.05, 4.69) is 11.4 Å². The Labute approximate surface area is 123 Å². The molecule has 0 bridgehead atoms. The van der Waals surface area contributed by atoms with Crippen LogP contribution in [0.4, 0.5) is 5.69 Å². The molecule has 7 nitrogen and oxygen atoms in total. The number of benzene rings is 1. The van der Waals surface area contributed by atoms with Crippen molar-refractivity contribution >= 4 is 5.69 Å². The maximum atomic E-state index is 10.9. The molecule has 114 valence electrons. The summed E-state index contributed by atoms with van der Waals surface area (Å²) in [7, 11) is 1.48. The summed E-state index contributed by atoms with van der Waals surface area (Å²) in [5, 5.41) is 23.0. The quantitative estimate of drug-likeness (QED) is 0.554. The van der Waals surface area contributed by atoms with Crippen molar-refractivity contribution < 1.29 is 14.4 Å². The summed E-state index contributed by atoms with van der Waals surface area (Å²) >= 11 is 0. The molecule has 1 aromatic rings. The van der Waals surface area contributed by atoms with E-state index in [1.165, 1.54) is 25.3 Å². The summed E-state index contributed by atoms with van der Waals surface area (Å²) in [6, 6.07) is 6.12. The molecule has 1 N–H and O–H groups in total. The zero-order valence-electron chi connectivity index (χ0n) is 12.2. The lowest BCUT2D eigenvalue weighted by Crippen LogP contribution is -2.29. The van der Waals surface area contributed by atoms with Gasteiger partial charge >= 0.3 is 5.69 Å². The Morgan fingerprint density at radius 3 is 2.86 bits per heavy atom. The van der Waals surface area contributed by atoms with Crippen molar-refractivity contribution in [3.63, 3.8) is 0 Å². The minimum atomic E-state index is -0.508. The first kappa shape index (κ1) is 16.7. The van der Waals surface area contributed by atoms with Gasteiger partial charge < -0.3 is 14.8 Å². The van der Waals surface area contributed by atoms with Crippen LogP contribution >= 0.6 is 0 Å². The number of nitro groups is 1. The number of nitriles is 1. The summed E-state index contributed by atoms with van der Waals surface area (Å²) in [5.41, 5.74) is -0.120. The summed E-state index contributed by atoms with van der Waals surface area (Å²) in [5.74, 6) is 0.628. The van der Waals surface area contributed by atoms with Crippen LogP contribution in [0.2, 0.25) is 0 Å². The highest BCUT2D eigenvalue weighted by atomic mass is 16.6. The average Bonchev–Trinajstić information content (AvgIpc) is 2.50. The Morgan fingerprint density at radius 2 is 2.29 bits per heavy atom. The van der Waals surface area contributed by atoms with Crippen molar-refractivity contribution in [2.75, 3.05) is 20.3 Å². The molecule has 0 heterocycles. The molecule has 21 heavy (non-hydrogen) atoms. The summed E-state index contributed by atoms with van der Waals surface area (Å²) in [6.07, 6.45) is 1.38. The average molecular weight is 293 g/mol. The molecule has 1 unspecified atom stereocenters. The van der Waals surface area contributed by atoms with Crippen molar-refractivity contribution in [2.24, 2.45) is 0 Å². The van der Waals surface area contributed by atoms with Crippen molar-refractivity contribution in [2.45, 2.75) is 25.8 Å². The number of hydrogen-bond donors (Lipinski definition) is 1. The van der Waals surface area contributed by atoms with Crippen molar-refractivity contribution in [1.29, 1.82) is 5.26 Å². The van der Waals surface area contributed by atoms with Gasteiger partial charge in [0.2, 0.25) is 5.75 Å². The Hall–Kier alpha value is -2.33. The molecule has 1 rings (SSSR count). The lowest BCUT2D eigenvalue weighted by Gasteiger charge is -2.12. The smallest absolute Gasteiger partial charge is 0.311 e. The predicted molar refractivity (Wildman–Crippen MR) is 77.5 cm³/mol. The monoisotopic (exact) mass is 293 g/mol. The van der Waals surface area contributed by atoms with Gasteiger partial charge in [-0.05, 0) is 19.0 Å². The Kier molecular flexibility index (Phi) is 6.98. The van der Waals surface area contributed by atoms with E-state index in [4.69, 9.17) is 14.7 Å². The Balaban J connectivity index is 2.65. The lowest BCUT2D eigenvalue weighted by molar-refractivity contribution is -0.385. The number of nitro benzene ring substituents is 1. The van der Waals surface area contributed by atoms with Gasteiger partial charge in [-0.2, -0.15) is 5.26 Å². The topological polar surface area (TPSA) is 97.4 Å². The third-order valence-corrected chi connectivity index (χ3v) is 2.82. The minimum Gasteiger partial charge on any atom is -0.497 e. The van der Waals surface area contributed by atoms with Crippen molar-refractivity contribution in [1.82, 2.24) is 5.32 Å². The zero-order valence-corrected chi connectivity index (χ0v) is 12.2. The van der Waals surface area contributed by atoms with E-state index in [1.54, 1.807) is 0 Å². The van der Waals surface area contributed by atoms with Gasteiger partial charge in [-0.3, -0.25) is 10.1 Å². The molecule has 0 amide bonds. The molecule has 0 aromatic heterocycles. The first-order chi connectivity index (χ1) is 10.1. The van der Waals surface area contributed by atoms with E-state index >= 15 is 0 Å². The van der Waals surface area contributed by atoms with Gasteiger partial charge in [0, 0.05) is 18.6 Å². The highest BCUT2D eigenvalue weighted by Crippen LogP contribution is 2.31. The van der Waals surface area contributed by atoms with E-state index in [1.807, 2.05) is 6.92 Å². The minimum absolute atomic E-state index is 0.120. The SMILES string of the molecule is CCCNC(C#N)CCOc1cc(OC)ccc1[N+](=O)[O-]. The fourth-order valence-electron chi connectivity index (χ4n) is 1.71. The van der Waals surface area contributed by atoms with Gasteiger partial charge in [0.1, 0.15) is 5.75 Å². The molecular weight excluding hydrogens is 274 g/mol. The fraction of sp³-hybridized carbons (Fsp3) is 0.500. The second kappa shape index (κ2) is 8.76. The van der Waals surface area contributed by atoms with Crippen LogP contribution in [-0.2, 0) is 0 Å². The van der Waals surface area contributed by atoms with Crippen LogP contribution in [-0.4, -0.2) is 31.2 Å². The van der Waals surface area contributed by atoms with Crippen LogP contribution in [0.3, 0.4) is 0 Å². The van der Waals surface area contributed by atoms with Crippen LogP contribution in [0.5, 0.6) is 11.5 Å². The van der Waals surface area contributed by atoms with Crippen LogP contribution in [0.25, 0.3) is 0 Å². The van der Waals surface area contributed by atoms with Gasteiger partial charge in [0.25, 0.3) is 0 Å². The normalized spacial score (nSPS) is 11.5. The second-order valence-electron chi connectivity index (χ2n) is 4.36. The molecule has 1 atom stereocenters. The van der Waals surface area contributed by atoms with Crippen molar-refractivity contribution in [3.05, 3.63) is 28.3 Å². The number of nitrogens with one attached hydrogen (secondary N) is 1. The number of ether oxygens (including phenoxy) is 2. The van der Waals surface area contributed by atoms with E-state index < -0.39 is 4.92 Å². The van der Waals surface area contributed by atoms with Gasteiger partial charge in [0.15, 0.2) is 0 Å². The summed E-state index contributed by atoms with van der Waals surface area (Å²) in [4.78, 5) is 10.4. The maximum absolute atomic E-state index is 10.9. The molecular formula is C14H19N3O4. The van der Waals surface area contributed by atoms with Crippen LogP contribution in [0.15, 0.2) is 18.2 Å². The molecule has 0 fully saturated rings. The Morgan fingerprint density at radius 1 is 1.52 bits per heavy atom. The second-order valence-corrected chi connectivity index (χ2v) is 4.36. The van der Waals surface area contributed by atoms with Crippen LogP contribution in [0.1, 0.15) is 19.8 Å². The zero-order chi connectivity index (χ0) is 15.7. The van der Waals surface area contributed by atoms with Gasteiger partial charge in [0.05, 0.1) is 30.8 Å². The fourth-order valence-corrected chi connectivity index (χ4v) is 1.71. The van der Waals surface area contributed by atoms with E-state index in [0.717, 1.165) is 13.0 Å².